The fraction of sp³-hybridized carbons (Fsp3) is 0.632. The molecule has 0 saturated heterocycles. The SMILES string of the molecule is CN=C(NCCN(CCOC)C1CC1)N(C)Cc1ccc(C)cc1.I. The normalized spacial score (nSPS) is 14.4. The molecule has 5 nitrogen and oxygen atoms in total. The number of aliphatic imine (C=N–C) groups is 1. The van der Waals surface area contributed by atoms with Crippen LogP contribution in [0.2, 0.25) is 0 Å². The van der Waals surface area contributed by atoms with Crippen LogP contribution in [-0.2, 0) is 11.3 Å². The predicted molar refractivity (Wildman–Crippen MR) is 116 cm³/mol. The first-order valence-corrected chi connectivity index (χ1v) is 8.84. The van der Waals surface area contributed by atoms with Crippen LogP contribution in [0.5, 0.6) is 0 Å². The first-order valence-electron chi connectivity index (χ1n) is 8.84. The van der Waals surface area contributed by atoms with Crippen molar-refractivity contribution in [3.8, 4) is 0 Å². The lowest BCUT2D eigenvalue weighted by Crippen LogP contribution is -2.43. The Morgan fingerprint density at radius 3 is 2.48 bits per heavy atom. The highest BCUT2D eigenvalue weighted by Crippen LogP contribution is 2.25. The predicted octanol–water partition coefficient (Wildman–Crippen LogP) is 2.73. The molecule has 0 atom stereocenters. The maximum atomic E-state index is 5.22. The zero-order valence-electron chi connectivity index (χ0n) is 16.0. The third-order valence-corrected chi connectivity index (χ3v) is 4.44. The van der Waals surface area contributed by atoms with E-state index in [0.29, 0.717) is 0 Å². The molecule has 6 heteroatoms. The molecule has 0 unspecified atom stereocenters. The topological polar surface area (TPSA) is 40.1 Å². The van der Waals surface area contributed by atoms with Crippen molar-refractivity contribution >= 4 is 29.9 Å². The highest BCUT2D eigenvalue weighted by atomic mass is 127. The molecule has 1 aliphatic carbocycles. The van der Waals surface area contributed by atoms with Crippen LogP contribution in [0, 0.1) is 6.92 Å². The maximum Gasteiger partial charge on any atom is 0.193 e. The third-order valence-electron chi connectivity index (χ3n) is 4.44. The number of guanidine groups is 1. The van der Waals surface area contributed by atoms with Gasteiger partial charge in [0.25, 0.3) is 0 Å². The molecule has 0 radical (unpaired) electrons. The van der Waals surface area contributed by atoms with Gasteiger partial charge in [0.05, 0.1) is 6.61 Å². The molecular formula is C19H33IN4O. The number of hydrogen-bond donors (Lipinski definition) is 1. The van der Waals surface area contributed by atoms with Gasteiger partial charge in [-0.3, -0.25) is 9.89 Å². The van der Waals surface area contributed by atoms with Crippen molar-refractivity contribution in [1.82, 2.24) is 15.1 Å². The summed E-state index contributed by atoms with van der Waals surface area (Å²) in [7, 11) is 5.70. The summed E-state index contributed by atoms with van der Waals surface area (Å²) in [6.45, 7) is 6.73. The van der Waals surface area contributed by atoms with Crippen LogP contribution >= 0.6 is 24.0 Å². The summed E-state index contributed by atoms with van der Waals surface area (Å²) in [5.41, 5.74) is 2.59. The Morgan fingerprint density at radius 1 is 1.24 bits per heavy atom. The van der Waals surface area contributed by atoms with Crippen LogP contribution in [0.3, 0.4) is 0 Å². The summed E-state index contributed by atoms with van der Waals surface area (Å²) >= 11 is 0. The molecule has 0 aliphatic heterocycles. The number of rotatable bonds is 9. The van der Waals surface area contributed by atoms with Crippen LogP contribution in [0.25, 0.3) is 0 Å². The molecule has 0 bridgehead atoms. The molecule has 1 N–H and O–H groups in total. The van der Waals surface area contributed by atoms with Gasteiger partial charge in [-0.1, -0.05) is 29.8 Å². The molecule has 1 aliphatic rings. The van der Waals surface area contributed by atoms with E-state index < -0.39 is 0 Å². The summed E-state index contributed by atoms with van der Waals surface area (Å²) < 4.78 is 5.22. The molecule has 0 heterocycles. The van der Waals surface area contributed by atoms with Crippen molar-refractivity contribution in [1.29, 1.82) is 0 Å². The van der Waals surface area contributed by atoms with Gasteiger partial charge in [0, 0.05) is 53.4 Å². The lowest BCUT2D eigenvalue weighted by Gasteiger charge is -2.25. The summed E-state index contributed by atoms with van der Waals surface area (Å²) in [5.74, 6) is 0.943. The van der Waals surface area contributed by atoms with Gasteiger partial charge in [0.1, 0.15) is 0 Å². The molecule has 0 amide bonds. The molecule has 142 valence electrons. The van der Waals surface area contributed by atoms with Crippen LogP contribution in [0.4, 0.5) is 0 Å². The first-order chi connectivity index (χ1) is 11.6. The van der Waals surface area contributed by atoms with E-state index in [1.807, 2.05) is 7.05 Å². The minimum atomic E-state index is 0. The molecule has 1 aromatic carbocycles. The third kappa shape index (κ3) is 7.92. The Hall–Kier alpha value is -0.860. The molecule has 1 aromatic rings. The zero-order chi connectivity index (χ0) is 17.4. The smallest absolute Gasteiger partial charge is 0.193 e. The monoisotopic (exact) mass is 460 g/mol. The number of ether oxygens (including phenoxy) is 1. The molecule has 0 aromatic heterocycles. The Labute approximate surface area is 169 Å². The van der Waals surface area contributed by atoms with E-state index >= 15 is 0 Å². The van der Waals surface area contributed by atoms with Gasteiger partial charge in [-0.15, -0.1) is 24.0 Å². The largest absolute Gasteiger partial charge is 0.383 e. The lowest BCUT2D eigenvalue weighted by molar-refractivity contribution is 0.144. The zero-order valence-corrected chi connectivity index (χ0v) is 18.3. The van der Waals surface area contributed by atoms with E-state index in [0.717, 1.165) is 44.8 Å². The summed E-state index contributed by atoms with van der Waals surface area (Å²) in [5, 5.41) is 3.48. The van der Waals surface area contributed by atoms with Crippen molar-refractivity contribution in [2.75, 3.05) is 47.4 Å². The number of methoxy groups -OCH3 is 1. The highest BCUT2D eigenvalue weighted by Gasteiger charge is 2.28. The van der Waals surface area contributed by atoms with Crippen LogP contribution in [-0.4, -0.2) is 69.2 Å². The van der Waals surface area contributed by atoms with E-state index in [1.165, 1.54) is 24.0 Å². The molecule has 1 fully saturated rings. The van der Waals surface area contributed by atoms with Gasteiger partial charge in [0.2, 0.25) is 0 Å². The van der Waals surface area contributed by atoms with Crippen LogP contribution < -0.4 is 5.32 Å². The Kier molecular flexibility index (Phi) is 10.4. The summed E-state index contributed by atoms with van der Waals surface area (Å²) in [6.07, 6.45) is 2.65. The second-order valence-electron chi connectivity index (χ2n) is 6.58. The Balaban J connectivity index is 0.00000312. The molecule has 0 spiro atoms. The summed E-state index contributed by atoms with van der Waals surface area (Å²) in [6, 6.07) is 9.43. The van der Waals surface area contributed by atoms with E-state index in [9.17, 15) is 0 Å². The standard InChI is InChI=1S/C19H32N4O.HI/c1-16-5-7-17(8-6-16)15-22(3)19(20-2)21-11-12-23(13-14-24-4)18-9-10-18;/h5-8,18H,9-15H2,1-4H3,(H,20,21);1H. The van der Waals surface area contributed by atoms with Crippen molar-refractivity contribution in [3.05, 3.63) is 35.4 Å². The average molecular weight is 460 g/mol. The van der Waals surface area contributed by atoms with Gasteiger partial charge < -0.3 is 15.0 Å². The molecule has 2 rings (SSSR count). The van der Waals surface area contributed by atoms with Gasteiger partial charge in [-0.2, -0.15) is 0 Å². The molecular weight excluding hydrogens is 427 g/mol. The number of benzene rings is 1. The number of hydrogen-bond acceptors (Lipinski definition) is 3. The number of nitrogens with one attached hydrogen (secondary N) is 1. The van der Waals surface area contributed by atoms with E-state index in [-0.39, 0.29) is 24.0 Å². The number of nitrogens with zero attached hydrogens (tertiary/aromatic N) is 3. The average Bonchev–Trinajstić information content (AvgIpc) is 3.41. The van der Waals surface area contributed by atoms with Gasteiger partial charge in [-0.25, -0.2) is 0 Å². The summed E-state index contributed by atoms with van der Waals surface area (Å²) in [4.78, 5) is 9.09. The van der Waals surface area contributed by atoms with Gasteiger partial charge in [0.15, 0.2) is 5.96 Å². The fourth-order valence-electron chi connectivity index (χ4n) is 2.86. The van der Waals surface area contributed by atoms with Gasteiger partial charge in [-0.05, 0) is 25.3 Å². The molecule has 1 saturated carbocycles. The minimum absolute atomic E-state index is 0. The van der Waals surface area contributed by atoms with Crippen LogP contribution in [0.1, 0.15) is 24.0 Å². The Bertz CT molecular complexity index is 517. The van der Waals surface area contributed by atoms with Crippen molar-refractivity contribution in [2.45, 2.75) is 32.4 Å². The number of halogens is 1. The van der Waals surface area contributed by atoms with Gasteiger partial charge >= 0.3 is 0 Å². The quantitative estimate of drug-likeness (QED) is 0.350. The van der Waals surface area contributed by atoms with E-state index in [1.54, 1.807) is 7.11 Å². The highest BCUT2D eigenvalue weighted by molar-refractivity contribution is 14.0. The van der Waals surface area contributed by atoms with Crippen molar-refractivity contribution in [2.24, 2.45) is 4.99 Å². The molecule has 25 heavy (non-hydrogen) atoms. The van der Waals surface area contributed by atoms with E-state index in [2.05, 4.69) is 58.3 Å². The second-order valence-corrected chi connectivity index (χ2v) is 6.58. The first kappa shape index (κ1) is 22.2. The minimum Gasteiger partial charge on any atom is -0.383 e. The van der Waals surface area contributed by atoms with Crippen molar-refractivity contribution < 1.29 is 4.74 Å². The van der Waals surface area contributed by atoms with E-state index in [4.69, 9.17) is 4.74 Å². The lowest BCUT2D eigenvalue weighted by atomic mass is 10.1. The Morgan fingerprint density at radius 2 is 1.92 bits per heavy atom. The second kappa shape index (κ2) is 11.7. The van der Waals surface area contributed by atoms with Crippen molar-refractivity contribution in [3.63, 3.8) is 0 Å². The van der Waals surface area contributed by atoms with Crippen LogP contribution in [0.15, 0.2) is 29.3 Å². The number of aryl methyl sites for hydroxylation is 1. The fourth-order valence-corrected chi connectivity index (χ4v) is 2.86. The maximum absolute atomic E-state index is 5.22.